The lowest BCUT2D eigenvalue weighted by molar-refractivity contribution is -0.929. The maximum atomic E-state index is 9.79. The predicted molar refractivity (Wildman–Crippen MR) is 143 cm³/mol. The van der Waals surface area contributed by atoms with Crippen molar-refractivity contribution in [1.29, 1.82) is 0 Å². The van der Waals surface area contributed by atoms with Gasteiger partial charge >= 0.3 is 0 Å². The van der Waals surface area contributed by atoms with Crippen molar-refractivity contribution in [2.75, 3.05) is 31.9 Å². The van der Waals surface area contributed by atoms with Crippen LogP contribution in [0.5, 0.6) is 0 Å². The number of rotatable bonds is 22. The Balaban J connectivity index is 0. The number of quaternary nitrogens is 1. The first-order valence-corrected chi connectivity index (χ1v) is 15.7. The molecule has 5 heteroatoms. The smallest absolute Gasteiger partial charge is 0.264 e. The average Bonchev–Trinajstić information content (AvgIpc) is 2.74. The van der Waals surface area contributed by atoms with Crippen molar-refractivity contribution in [3.05, 3.63) is 0 Å². The summed E-state index contributed by atoms with van der Waals surface area (Å²) >= 11 is 0. The number of unbranched alkanes of at least 4 members (excludes halogenated alkanes) is 12. The highest BCUT2D eigenvalue weighted by atomic mass is 32.2. The standard InChI is InChI=1S/C24H52N.C3H8O3S/c1-5-9-13-17-21-25(22-18-14-10-6-2,23-19-15-11-7-3)24-20-16-12-8-4;1-2-3-7(4,5)6/h5-24H2,1-4H3;2-3H2,1H3,(H,4,5,6)/q+1;. The van der Waals surface area contributed by atoms with E-state index in [1.165, 1.54) is 133 Å². The van der Waals surface area contributed by atoms with Gasteiger partial charge in [-0.15, -0.1) is 0 Å². The van der Waals surface area contributed by atoms with Gasteiger partial charge in [-0.05, 0) is 57.8 Å². The summed E-state index contributed by atoms with van der Waals surface area (Å²) in [7, 11) is -3.67. The SMILES string of the molecule is CCCCCC[N+](CCCCCC)(CCCCCC)CCCCCC.CCCS(=O)(=O)O. The highest BCUT2D eigenvalue weighted by Gasteiger charge is 2.25. The van der Waals surface area contributed by atoms with E-state index < -0.39 is 10.1 Å². The Morgan fingerprint density at radius 3 is 0.906 bits per heavy atom. The molecule has 0 aromatic rings. The lowest BCUT2D eigenvalue weighted by atomic mass is 10.1. The average molecular weight is 479 g/mol. The molecule has 0 aromatic heterocycles. The van der Waals surface area contributed by atoms with Crippen LogP contribution in [0.15, 0.2) is 0 Å². The van der Waals surface area contributed by atoms with Gasteiger partial charge in [0.25, 0.3) is 10.1 Å². The van der Waals surface area contributed by atoms with Gasteiger partial charge < -0.3 is 4.48 Å². The molecule has 0 bridgehead atoms. The first-order chi connectivity index (χ1) is 15.3. The van der Waals surface area contributed by atoms with Crippen LogP contribution < -0.4 is 0 Å². The third kappa shape index (κ3) is 24.5. The Morgan fingerprint density at radius 2 is 0.750 bits per heavy atom. The first kappa shape index (κ1) is 34.0. The van der Waals surface area contributed by atoms with Gasteiger partial charge in [0.15, 0.2) is 0 Å². The van der Waals surface area contributed by atoms with Crippen LogP contribution in [0.25, 0.3) is 0 Å². The van der Waals surface area contributed by atoms with Crippen molar-refractivity contribution < 1.29 is 17.5 Å². The fraction of sp³-hybridized carbons (Fsp3) is 1.00. The minimum Gasteiger partial charge on any atom is -0.324 e. The van der Waals surface area contributed by atoms with E-state index in [-0.39, 0.29) is 5.75 Å². The molecule has 0 aromatic carbocycles. The molecule has 0 radical (unpaired) electrons. The molecule has 0 fully saturated rings. The summed E-state index contributed by atoms with van der Waals surface area (Å²) < 4.78 is 29.0. The Bertz CT molecular complexity index is 412. The molecule has 0 aliphatic carbocycles. The Morgan fingerprint density at radius 1 is 0.469 bits per heavy atom. The summed E-state index contributed by atoms with van der Waals surface area (Å²) in [5, 5.41) is 0. The Kier molecular flexibility index (Phi) is 25.5. The first-order valence-electron chi connectivity index (χ1n) is 14.1. The number of hydrogen-bond acceptors (Lipinski definition) is 2. The number of hydrogen-bond donors (Lipinski definition) is 1. The van der Waals surface area contributed by atoms with Gasteiger partial charge in [0.05, 0.1) is 31.9 Å². The van der Waals surface area contributed by atoms with E-state index in [1.807, 2.05) is 0 Å². The van der Waals surface area contributed by atoms with Crippen molar-refractivity contribution >= 4 is 10.1 Å². The van der Waals surface area contributed by atoms with Crippen LogP contribution in [0, 0.1) is 0 Å². The molecule has 1 N–H and O–H groups in total. The lowest BCUT2D eigenvalue weighted by Gasteiger charge is -2.39. The summed E-state index contributed by atoms with van der Waals surface area (Å²) in [6.07, 6.45) is 23.3. The fourth-order valence-electron chi connectivity index (χ4n) is 4.42. The van der Waals surface area contributed by atoms with Crippen molar-refractivity contribution in [3.63, 3.8) is 0 Å². The zero-order chi connectivity index (χ0) is 24.6. The quantitative estimate of drug-likeness (QED) is 0.0965. The van der Waals surface area contributed by atoms with Crippen molar-refractivity contribution in [2.24, 2.45) is 0 Å². The van der Waals surface area contributed by atoms with Crippen LogP contribution in [-0.2, 0) is 10.1 Å². The van der Waals surface area contributed by atoms with Gasteiger partial charge in [-0.2, -0.15) is 8.42 Å². The molecule has 0 aliphatic rings. The van der Waals surface area contributed by atoms with E-state index >= 15 is 0 Å². The summed E-state index contributed by atoms with van der Waals surface area (Å²) in [5.74, 6) is -0.132. The second-order valence-corrected chi connectivity index (χ2v) is 11.3. The molecule has 196 valence electrons. The zero-order valence-electron chi connectivity index (χ0n) is 22.7. The molecular formula is C27H60NO3S+. The molecule has 0 unspecified atom stereocenters. The lowest BCUT2D eigenvalue weighted by Crippen LogP contribution is -2.50. The second-order valence-electron chi connectivity index (χ2n) is 9.76. The molecule has 0 saturated heterocycles. The third-order valence-electron chi connectivity index (χ3n) is 6.41. The molecule has 0 heterocycles. The van der Waals surface area contributed by atoms with E-state index in [9.17, 15) is 8.42 Å². The molecular weight excluding hydrogens is 418 g/mol. The van der Waals surface area contributed by atoms with Crippen LogP contribution in [0.3, 0.4) is 0 Å². The summed E-state index contributed by atoms with van der Waals surface area (Å²) in [6.45, 7) is 16.9. The van der Waals surface area contributed by atoms with Crippen molar-refractivity contribution in [1.82, 2.24) is 0 Å². The maximum Gasteiger partial charge on any atom is 0.264 e. The second kappa shape index (κ2) is 24.0. The van der Waals surface area contributed by atoms with E-state index in [1.54, 1.807) is 6.92 Å². The van der Waals surface area contributed by atoms with E-state index in [0.29, 0.717) is 6.42 Å². The molecule has 0 aliphatic heterocycles. The highest BCUT2D eigenvalue weighted by Crippen LogP contribution is 2.19. The van der Waals surface area contributed by atoms with Gasteiger partial charge in [0.1, 0.15) is 0 Å². The van der Waals surface area contributed by atoms with Gasteiger partial charge in [-0.1, -0.05) is 86.0 Å². The van der Waals surface area contributed by atoms with Gasteiger partial charge in [0.2, 0.25) is 0 Å². The van der Waals surface area contributed by atoms with E-state index in [2.05, 4.69) is 27.7 Å². The molecule has 0 spiro atoms. The Hall–Kier alpha value is -0.130. The highest BCUT2D eigenvalue weighted by molar-refractivity contribution is 7.85. The zero-order valence-corrected chi connectivity index (χ0v) is 23.5. The molecule has 0 atom stereocenters. The van der Waals surface area contributed by atoms with Crippen LogP contribution >= 0.6 is 0 Å². The van der Waals surface area contributed by atoms with Crippen molar-refractivity contribution in [2.45, 2.75) is 144 Å². The fourth-order valence-corrected chi connectivity index (χ4v) is 4.94. The molecule has 0 rings (SSSR count). The molecule has 32 heavy (non-hydrogen) atoms. The minimum absolute atomic E-state index is 0.132. The van der Waals surface area contributed by atoms with Crippen LogP contribution in [-0.4, -0.2) is 49.4 Å². The molecule has 0 amide bonds. The Labute approximate surface area is 203 Å². The van der Waals surface area contributed by atoms with Crippen LogP contribution in [0.2, 0.25) is 0 Å². The third-order valence-corrected chi connectivity index (χ3v) is 7.33. The largest absolute Gasteiger partial charge is 0.324 e. The topological polar surface area (TPSA) is 54.4 Å². The van der Waals surface area contributed by atoms with E-state index in [4.69, 9.17) is 4.55 Å². The van der Waals surface area contributed by atoms with Gasteiger partial charge in [-0.25, -0.2) is 0 Å². The monoisotopic (exact) mass is 478 g/mol. The summed E-state index contributed by atoms with van der Waals surface area (Å²) in [4.78, 5) is 0. The summed E-state index contributed by atoms with van der Waals surface area (Å²) in [6, 6.07) is 0. The molecule has 0 saturated carbocycles. The number of nitrogens with zero attached hydrogens (tertiary/aromatic N) is 1. The van der Waals surface area contributed by atoms with Crippen LogP contribution in [0.4, 0.5) is 0 Å². The predicted octanol–water partition coefficient (Wildman–Crippen LogP) is 8.41. The van der Waals surface area contributed by atoms with Crippen molar-refractivity contribution in [3.8, 4) is 0 Å². The van der Waals surface area contributed by atoms with Gasteiger partial charge in [-0.3, -0.25) is 4.55 Å². The van der Waals surface area contributed by atoms with Crippen LogP contribution in [0.1, 0.15) is 144 Å². The minimum atomic E-state index is -3.67. The maximum absolute atomic E-state index is 9.79. The molecule has 4 nitrogen and oxygen atoms in total. The van der Waals surface area contributed by atoms with Gasteiger partial charge in [0, 0.05) is 0 Å². The van der Waals surface area contributed by atoms with E-state index in [0.717, 1.165) is 0 Å². The summed E-state index contributed by atoms with van der Waals surface area (Å²) in [5.41, 5.74) is 0. The normalized spacial score (nSPS) is 11.9.